The zero-order valence-electron chi connectivity index (χ0n) is 11.2. The molecule has 0 spiro atoms. The van der Waals surface area contributed by atoms with Gasteiger partial charge in [0.15, 0.2) is 0 Å². The molecule has 0 aliphatic rings. The molecular weight excluding hydrogens is 320 g/mol. The van der Waals surface area contributed by atoms with Gasteiger partial charge in [0.25, 0.3) is 0 Å². The van der Waals surface area contributed by atoms with Crippen LogP contribution in [-0.4, -0.2) is 15.9 Å². The fourth-order valence-corrected chi connectivity index (χ4v) is 2.13. The summed E-state index contributed by atoms with van der Waals surface area (Å²) in [5, 5.41) is 6.07. The molecule has 0 saturated heterocycles. The summed E-state index contributed by atoms with van der Waals surface area (Å²) in [4.78, 5) is 19.2. The summed E-state index contributed by atoms with van der Waals surface area (Å²) in [6.45, 7) is 3.52. The second-order valence-electron chi connectivity index (χ2n) is 4.39. The van der Waals surface area contributed by atoms with Crippen LogP contribution in [-0.2, 0) is 4.79 Å². The molecule has 1 aromatic heterocycles. The Labute approximate surface area is 126 Å². The minimum absolute atomic E-state index is 0.0508. The number of carbonyl (C=O) groups is 1. The zero-order chi connectivity index (χ0) is 14.5. The van der Waals surface area contributed by atoms with Gasteiger partial charge >= 0.3 is 0 Å². The van der Waals surface area contributed by atoms with Crippen molar-refractivity contribution in [2.75, 3.05) is 10.6 Å². The number of halogens is 1. The minimum atomic E-state index is -0.0821. The summed E-state index contributed by atoms with van der Waals surface area (Å²) in [5.74, 6) is 0.652. The number of hydrogen-bond acceptors (Lipinski definition) is 4. The first-order chi connectivity index (χ1) is 9.56. The molecule has 5 nitrogen and oxygen atoms in total. The first kappa shape index (κ1) is 14.5. The normalized spacial score (nSPS) is 11.8. The van der Waals surface area contributed by atoms with E-state index >= 15 is 0 Å². The van der Waals surface area contributed by atoms with Crippen LogP contribution in [0.25, 0.3) is 0 Å². The van der Waals surface area contributed by atoms with Gasteiger partial charge in [0, 0.05) is 18.8 Å². The van der Waals surface area contributed by atoms with Gasteiger partial charge in [-0.1, -0.05) is 12.1 Å². The van der Waals surface area contributed by atoms with Crippen LogP contribution in [0.4, 0.5) is 11.5 Å². The van der Waals surface area contributed by atoms with Crippen molar-refractivity contribution in [2.45, 2.75) is 19.9 Å². The summed E-state index contributed by atoms with van der Waals surface area (Å²) < 4.78 is 0.810. The Morgan fingerprint density at radius 1 is 1.40 bits per heavy atom. The van der Waals surface area contributed by atoms with E-state index < -0.39 is 0 Å². The van der Waals surface area contributed by atoms with Crippen LogP contribution >= 0.6 is 15.9 Å². The maximum Gasteiger partial charge on any atom is 0.221 e. The molecule has 0 aliphatic carbocycles. The second-order valence-corrected chi connectivity index (χ2v) is 5.25. The Balaban J connectivity index is 2.15. The van der Waals surface area contributed by atoms with Gasteiger partial charge in [0.2, 0.25) is 5.91 Å². The van der Waals surface area contributed by atoms with Crippen LogP contribution in [0.3, 0.4) is 0 Å². The SMILES string of the molecule is CC(=O)Nc1cccc(C(C)Nc2ncncc2Br)c1. The van der Waals surface area contributed by atoms with Gasteiger partial charge in [-0.3, -0.25) is 4.79 Å². The van der Waals surface area contributed by atoms with Gasteiger partial charge in [-0.05, 0) is 40.5 Å². The lowest BCUT2D eigenvalue weighted by molar-refractivity contribution is -0.114. The van der Waals surface area contributed by atoms with E-state index in [9.17, 15) is 4.79 Å². The second kappa shape index (κ2) is 6.47. The lowest BCUT2D eigenvalue weighted by Gasteiger charge is -2.16. The van der Waals surface area contributed by atoms with E-state index in [1.54, 1.807) is 6.20 Å². The monoisotopic (exact) mass is 334 g/mol. The van der Waals surface area contributed by atoms with E-state index in [-0.39, 0.29) is 11.9 Å². The maximum absolute atomic E-state index is 11.1. The lowest BCUT2D eigenvalue weighted by atomic mass is 10.1. The first-order valence-corrected chi connectivity index (χ1v) is 6.95. The molecule has 20 heavy (non-hydrogen) atoms. The zero-order valence-corrected chi connectivity index (χ0v) is 12.8. The Bertz CT molecular complexity index is 618. The Hall–Kier alpha value is -1.95. The van der Waals surface area contributed by atoms with Crippen LogP contribution in [0.15, 0.2) is 41.3 Å². The lowest BCUT2D eigenvalue weighted by Crippen LogP contribution is -2.10. The first-order valence-electron chi connectivity index (χ1n) is 6.16. The fourth-order valence-electron chi connectivity index (χ4n) is 1.80. The van der Waals surface area contributed by atoms with E-state index in [2.05, 4.69) is 36.5 Å². The predicted molar refractivity (Wildman–Crippen MR) is 82.5 cm³/mol. The van der Waals surface area contributed by atoms with Gasteiger partial charge in [0.05, 0.1) is 10.5 Å². The highest BCUT2D eigenvalue weighted by atomic mass is 79.9. The number of rotatable bonds is 4. The molecule has 0 fully saturated rings. The molecule has 0 radical (unpaired) electrons. The minimum Gasteiger partial charge on any atom is -0.363 e. The van der Waals surface area contributed by atoms with Crippen molar-refractivity contribution >= 4 is 33.3 Å². The standard InChI is InChI=1S/C14H15BrN4O/c1-9(18-14-13(15)7-16-8-17-14)11-4-3-5-12(6-11)19-10(2)20/h3-9H,1-2H3,(H,19,20)(H,16,17,18). The van der Waals surface area contributed by atoms with Gasteiger partial charge in [-0.25, -0.2) is 9.97 Å². The van der Waals surface area contributed by atoms with Crippen molar-refractivity contribution in [1.82, 2.24) is 9.97 Å². The molecule has 1 unspecified atom stereocenters. The number of hydrogen-bond donors (Lipinski definition) is 2. The van der Waals surface area contributed by atoms with Crippen molar-refractivity contribution in [3.05, 3.63) is 46.8 Å². The van der Waals surface area contributed by atoms with Crippen LogP contribution in [0.5, 0.6) is 0 Å². The van der Waals surface area contributed by atoms with E-state index in [0.717, 1.165) is 21.5 Å². The third-order valence-electron chi connectivity index (χ3n) is 2.73. The number of benzene rings is 1. The van der Waals surface area contributed by atoms with Crippen molar-refractivity contribution in [2.24, 2.45) is 0 Å². The average molecular weight is 335 g/mol. The maximum atomic E-state index is 11.1. The van der Waals surface area contributed by atoms with Gasteiger partial charge in [-0.15, -0.1) is 0 Å². The molecule has 6 heteroatoms. The number of anilines is 2. The molecular formula is C14H15BrN4O. The van der Waals surface area contributed by atoms with Crippen molar-refractivity contribution < 1.29 is 4.79 Å². The van der Waals surface area contributed by atoms with E-state index in [4.69, 9.17) is 0 Å². The van der Waals surface area contributed by atoms with Crippen LogP contribution < -0.4 is 10.6 Å². The largest absolute Gasteiger partial charge is 0.363 e. The summed E-state index contributed by atoms with van der Waals surface area (Å²) in [6, 6.07) is 7.76. The van der Waals surface area contributed by atoms with Gasteiger partial charge in [0.1, 0.15) is 12.1 Å². The smallest absolute Gasteiger partial charge is 0.221 e. The van der Waals surface area contributed by atoms with Crippen molar-refractivity contribution in [3.8, 4) is 0 Å². The molecule has 0 aliphatic heterocycles. The van der Waals surface area contributed by atoms with Crippen LogP contribution in [0.2, 0.25) is 0 Å². The Morgan fingerprint density at radius 3 is 2.90 bits per heavy atom. The Kier molecular flexibility index (Phi) is 4.68. The number of amides is 1. The number of nitrogens with one attached hydrogen (secondary N) is 2. The third-order valence-corrected chi connectivity index (χ3v) is 3.31. The molecule has 0 saturated carbocycles. The van der Waals surface area contributed by atoms with Crippen molar-refractivity contribution in [1.29, 1.82) is 0 Å². The van der Waals surface area contributed by atoms with Gasteiger partial charge in [-0.2, -0.15) is 0 Å². The third kappa shape index (κ3) is 3.77. The number of aromatic nitrogens is 2. The molecule has 1 atom stereocenters. The summed E-state index contributed by atoms with van der Waals surface area (Å²) >= 11 is 3.40. The molecule has 104 valence electrons. The Morgan fingerprint density at radius 2 is 2.20 bits per heavy atom. The molecule has 1 amide bonds. The molecule has 0 bridgehead atoms. The van der Waals surface area contributed by atoms with E-state index in [1.807, 2.05) is 31.2 Å². The number of carbonyl (C=O) groups excluding carboxylic acids is 1. The fraction of sp³-hybridized carbons (Fsp3) is 0.214. The summed E-state index contributed by atoms with van der Waals surface area (Å²) in [7, 11) is 0. The highest BCUT2D eigenvalue weighted by Gasteiger charge is 2.09. The van der Waals surface area contributed by atoms with Gasteiger partial charge < -0.3 is 10.6 Å². The summed E-state index contributed by atoms with van der Waals surface area (Å²) in [5.41, 5.74) is 1.84. The summed E-state index contributed by atoms with van der Waals surface area (Å²) in [6.07, 6.45) is 3.18. The molecule has 1 aromatic carbocycles. The molecule has 1 heterocycles. The molecule has 2 rings (SSSR count). The molecule has 2 aromatic rings. The highest BCUT2D eigenvalue weighted by Crippen LogP contribution is 2.24. The quantitative estimate of drug-likeness (QED) is 0.899. The highest BCUT2D eigenvalue weighted by molar-refractivity contribution is 9.10. The van der Waals surface area contributed by atoms with Crippen molar-refractivity contribution in [3.63, 3.8) is 0 Å². The van der Waals surface area contributed by atoms with Crippen LogP contribution in [0.1, 0.15) is 25.5 Å². The molecule has 2 N–H and O–H groups in total. The van der Waals surface area contributed by atoms with Crippen LogP contribution in [0, 0.1) is 0 Å². The van der Waals surface area contributed by atoms with E-state index in [0.29, 0.717) is 0 Å². The average Bonchev–Trinajstić information content (AvgIpc) is 2.41. The predicted octanol–water partition coefficient (Wildman–Crippen LogP) is 3.37. The topological polar surface area (TPSA) is 66.9 Å². The number of nitrogens with zero attached hydrogens (tertiary/aromatic N) is 2. The van der Waals surface area contributed by atoms with E-state index in [1.165, 1.54) is 13.3 Å².